The van der Waals surface area contributed by atoms with Crippen LogP contribution >= 0.6 is 0 Å². The zero-order chi connectivity index (χ0) is 12.4. The molecule has 0 aromatic heterocycles. The summed E-state index contributed by atoms with van der Waals surface area (Å²) in [4.78, 5) is 24.6. The molecule has 4 nitrogen and oxygen atoms in total. The monoisotopic (exact) mass is 228 g/mol. The third kappa shape index (κ3) is 2.04. The first-order chi connectivity index (χ1) is 8.13. The van der Waals surface area contributed by atoms with E-state index in [2.05, 4.69) is 6.07 Å². The minimum atomic E-state index is -0.239. The average molecular weight is 228 g/mol. The van der Waals surface area contributed by atoms with Crippen molar-refractivity contribution < 1.29 is 9.59 Å². The third-order valence-corrected chi connectivity index (χ3v) is 2.94. The summed E-state index contributed by atoms with van der Waals surface area (Å²) in [6.45, 7) is 1.95. The summed E-state index contributed by atoms with van der Waals surface area (Å²) in [5.41, 5.74) is 1.22. The number of nitrogens with zero attached hydrogens (tertiary/aromatic N) is 2. The minimum Gasteiger partial charge on any atom is -0.278 e. The molecule has 4 heteroatoms. The van der Waals surface area contributed by atoms with Crippen molar-refractivity contribution >= 4 is 11.8 Å². The molecule has 1 aromatic rings. The van der Waals surface area contributed by atoms with E-state index in [1.807, 2.05) is 0 Å². The predicted molar refractivity (Wildman–Crippen MR) is 60.5 cm³/mol. The number of benzene rings is 1. The number of carbonyl (C=O) groups is 2. The Balaban J connectivity index is 2.25. The Bertz CT molecular complexity index is 516. The van der Waals surface area contributed by atoms with Gasteiger partial charge in [0, 0.05) is 12.3 Å². The van der Waals surface area contributed by atoms with Crippen LogP contribution in [0.5, 0.6) is 0 Å². The molecule has 0 radical (unpaired) electrons. The maximum absolute atomic E-state index is 11.7. The number of rotatable bonds is 2. The normalized spacial score (nSPS) is 19.5. The second-order valence-electron chi connectivity index (χ2n) is 4.19. The fraction of sp³-hybridized carbons (Fsp3) is 0.308. The van der Waals surface area contributed by atoms with Crippen molar-refractivity contribution in [3.63, 3.8) is 0 Å². The van der Waals surface area contributed by atoms with Gasteiger partial charge in [0.1, 0.15) is 0 Å². The summed E-state index contributed by atoms with van der Waals surface area (Å²) < 4.78 is 0. The van der Waals surface area contributed by atoms with Crippen molar-refractivity contribution in [3.8, 4) is 6.07 Å². The van der Waals surface area contributed by atoms with E-state index >= 15 is 0 Å². The predicted octanol–water partition coefficient (Wildman–Crippen LogP) is 1.45. The molecule has 0 bridgehead atoms. The first-order valence-corrected chi connectivity index (χ1v) is 5.45. The highest BCUT2D eigenvalue weighted by atomic mass is 16.2. The van der Waals surface area contributed by atoms with Crippen LogP contribution in [0.15, 0.2) is 24.3 Å². The van der Waals surface area contributed by atoms with Crippen LogP contribution in [0, 0.1) is 17.2 Å². The summed E-state index contributed by atoms with van der Waals surface area (Å²) in [5.74, 6) is -0.547. The highest BCUT2D eigenvalue weighted by molar-refractivity contribution is 6.03. The lowest BCUT2D eigenvalue weighted by Gasteiger charge is -2.15. The maximum Gasteiger partial charge on any atom is 0.232 e. The largest absolute Gasteiger partial charge is 0.278 e. The number of amides is 2. The van der Waals surface area contributed by atoms with Gasteiger partial charge >= 0.3 is 0 Å². The van der Waals surface area contributed by atoms with Crippen molar-refractivity contribution in [2.75, 3.05) is 0 Å². The van der Waals surface area contributed by atoms with Gasteiger partial charge in [-0.15, -0.1) is 0 Å². The second kappa shape index (κ2) is 4.38. The van der Waals surface area contributed by atoms with Crippen molar-refractivity contribution in [1.29, 1.82) is 5.26 Å². The van der Waals surface area contributed by atoms with E-state index in [0.717, 1.165) is 0 Å². The van der Waals surface area contributed by atoms with E-state index in [4.69, 9.17) is 5.26 Å². The number of hydrogen-bond acceptors (Lipinski definition) is 3. The van der Waals surface area contributed by atoms with Crippen LogP contribution in [0.25, 0.3) is 0 Å². The molecular formula is C13H12N2O2. The van der Waals surface area contributed by atoms with Gasteiger partial charge in [0.15, 0.2) is 0 Å². The Morgan fingerprint density at radius 3 is 2.71 bits per heavy atom. The first-order valence-electron chi connectivity index (χ1n) is 5.45. The van der Waals surface area contributed by atoms with Gasteiger partial charge in [0.25, 0.3) is 0 Å². The van der Waals surface area contributed by atoms with Gasteiger partial charge < -0.3 is 0 Å². The molecule has 17 heavy (non-hydrogen) atoms. The lowest BCUT2D eigenvalue weighted by molar-refractivity contribution is -0.139. The lowest BCUT2D eigenvalue weighted by Crippen LogP contribution is -2.30. The fourth-order valence-electron chi connectivity index (χ4n) is 1.95. The average Bonchev–Trinajstić information content (AvgIpc) is 2.57. The van der Waals surface area contributed by atoms with E-state index in [1.165, 1.54) is 4.90 Å². The van der Waals surface area contributed by atoms with Gasteiger partial charge in [-0.25, -0.2) is 0 Å². The van der Waals surface area contributed by atoms with E-state index in [1.54, 1.807) is 31.2 Å². The summed E-state index contributed by atoms with van der Waals surface area (Å²) in [7, 11) is 0. The van der Waals surface area contributed by atoms with Crippen LogP contribution in [-0.2, 0) is 16.1 Å². The molecule has 2 amide bonds. The number of carbonyl (C=O) groups excluding carboxylic acids is 2. The Kier molecular flexibility index (Phi) is 2.92. The van der Waals surface area contributed by atoms with Crippen LogP contribution in [0.3, 0.4) is 0 Å². The van der Waals surface area contributed by atoms with Crippen LogP contribution in [0.4, 0.5) is 0 Å². The van der Waals surface area contributed by atoms with Crippen LogP contribution in [-0.4, -0.2) is 16.7 Å². The van der Waals surface area contributed by atoms with Crippen LogP contribution in [0.2, 0.25) is 0 Å². The van der Waals surface area contributed by atoms with Crippen molar-refractivity contribution in [1.82, 2.24) is 4.90 Å². The zero-order valence-electron chi connectivity index (χ0n) is 9.51. The van der Waals surface area contributed by atoms with Gasteiger partial charge in [0.2, 0.25) is 11.8 Å². The van der Waals surface area contributed by atoms with E-state index < -0.39 is 0 Å². The van der Waals surface area contributed by atoms with E-state index in [0.29, 0.717) is 11.1 Å². The van der Waals surface area contributed by atoms with Crippen molar-refractivity contribution in [2.45, 2.75) is 19.9 Å². The molecule has 1 heterocycles. The summed E-state index contributed by atoms with van der Waals surface area (Å²) >= 11 is 0. The van der Waals surface area contributed by atoms with Gasteiger partial charge in [-0.3, -0.25) is 14.5 Å². The molecule has 1 aliphatic rings. The molecule has 1 unspecified atom stereocenters. The van der Waals surface area contributed by atoms with E-state index in [-0.39, 0.29) is 30.7 Å². The Labute approximate surface area is 99.5 Å². The van der Waals surface area contributed by atoms with E-state index in [9.17, 15) is 9.59 Å². The Morgan fingerprint density at radius 2 is 2.12 bits per heavy atom. The number of likely N-dealkylation sites (tertiary alicyclic amines) is 1. The Morgan fingerprint density at radius 1 is 1.41 bits per heavy atom. The van der Waals surface area contributed by atoms with Gasteiger partial charge in [-0.1, -0.05) is 25.1 Å². The molecule has 2 rings (SSSR count). The molecule has 1 fully saturated rings. The molecule has 0 aliphatic carbocycles. The number of nitriles is 1. The van der Waals surface area contributed by atoms with Crippen molar-refractivity contribution in [3.05, 3.63) is 35.4 Å². The molecule has 0 spiro atoms. The van der Waals surface area contributed by atoms with Crippen molar-refractivity contribution in [2.24, 2.45) is 5.92 Å². The molecular weight excluding hydrogens is 216 g/mol. The molecule has 1 aromatic carbocycles. The number of imide groups is 1. The summed E-state index contributed by atoms with van der Waals surface area (Å²) in [5, 5.41) is 8.94. The van der Waals surface area contributed by atoms with Crippen LogP contribution < -0.4 is 0 Å². The van der Waals surface area contributed by atoms with Crippen LogP contribution in [0.1, 0.15) is 24.5 Å². The quantitative estimate of drug-likeness (QED) is 0.720. The summed E-state index contributed by atoms with van der Waals surface area (Å²) in [6, 6.07) is 9.07. The maximum atomic E-state index is 11.7. The third-order valence-electron chi connectivity index (χ3n) is 2.94. The molecule has 1 aliphatic heterocycles. The van der Waals surface area contributed by atoms with Gasteiger partial charge in [-0.05, 0) is 11.6 Å². The number of hydrogen-bond donors (Lipinski definition) is 0. The smallest absolute Gasteiger partial charge is 0.232 e. The Hall–Kier alpha value is -2.15. The standard InChI is InChI=1S/C13H12N2O2/c1-9-6-12(16)15(13(9)17)8-11-5-3-2-4-10(11)7-14/h2-5,9H,6,8H2,1H3. The van der Waals surface area contributed by atoms with Gasteiger partial charge in [-0.2, -0.15) is 5.26 Å². The molecule has 0 N–H and O–H groups in total. The van der Waals surface area contributed by atoms with Gasteiger partial charge in [0.05, 0.1) is 18.2 Å². The first kappa shape index (κ1) is 11.3. The lowest BCUT2D eigenvalue weighted by atomic mass is 10.1. The fourth-order valence-corrected chi connectivity index (χ4v) is 1.95. The minimum absolute atomic E-state index is 0.150. The topological polar surface area (TPSA) is 61.2 Å². The molecule has 1 saturated heterocycles. The second-order valence-corrected chi connectivity index (χ2v) is 4.19. The highest BCUT2D eigenvalue weighted by Gasteiger charge is 2.35. The highest BCUT2D eigenvalue weighted by Crippen LogP contribution is 2.22. The zero-order valence-corrected chi connectivity index (χ0v) is 9.51. The summed E-state index contributed by atoms with van der Waals surface area (Å²) in [6.07, 6.45) is 0.271. The SMILES string of the molecule is CC1CC(=O)N(Cc2ccccc2C#N)C1=O. The molecule has 86 valence electrons. The molecule has 1 atom stereocenters. The molecule has 0 saturated carbocycles.